The molecule has 0 radical (unpaired) electrons. The van der Waals surface area contributed by atoms with Crippen LogP contribution in [0.25, 0.3) is 0 Å². The van der Waals surface area contributed by atoms with Gasteiger partial charge < -0.3 is 5.73 Å². The van der Waals surface area contributed by atoms with Crippen molar-refractivity contribution in [2.24, 2.45) is 5.73 Å². The molecule has 1 heterocycles. The largest absolute Gasteiger partial charge is 0.330 e. The molecule has 4 heteroatoms. The Balaban J connectivity index is 2.17. The third-order valence-electron chi connectivity index (χ3n) is 3.36. The lowest BCUT2D eigenvalue weighted by atomic mass is 9.94. The van der Waals surface area contributed by atoms with Crippen LogP contribution in [-0.2, 0) is 13.0 Å². The maximum atomic E-state index is 5.94. The van der Waals surface area contributed by atoms with Gasteiger partial charge in [0.15, 0.2) is 0 Å². The molecular weight excluding hydrogens is 236 g/mol. The highest BCUT2D eigenvalue weighted by Gasteiger charge is 2.14. The Morgan fingerprint density at radius 2 is 2.21 bits per heavy atom. The monoisotopic (exact) mass is 258 g/mol. The highest BCUT2D eigenvalue weighted by atomic mass is 15.3. The maximum Gasteiger partial charge on any atom is 0.138 e. The molecule has 0 saturated carbocycles. The van der Waals surface area contributed by atoms with E-state index in [1.807, 2.05) is 4.68 Å². The van der Waals surface area contributed by atoms with E-state index in [0.29, 0.717) is 12.5 Å². The molecule has 1 aromatic heterocycles. The molecule has 2 N–H and O–H groups in total. The smallest absolute Gasteiger partial charge is 0.138 e. The average Bonchev–Trinajstić information content (AvgIpc) is 2.84. The average molecular weight is 258 g/mol. The van der Waals surface area contributed by atoms with Crippen LogP contribution in [0.5, 0.6) is 0 Å². The molecule has 0 fully saturated rings. The molecule has 0 saturated heterocycles. The summed E-state index contributed by atoms with van der Waals surface area (Å²) in [6, 6.07) is 8.55. The highest BCUT2D eigenvalue weighted by Crippen LogP contribution is 2.20. The van der Waals surface area contributed by atoms with Crippen LogP contribution in [-0.4, -0.2) is 21.3 Å². The van der Waals surface area contributed by atoms with Gasteiger partial charge in [0, 0.05) is 18.9 Å². The van der Waals surface area contributed by atoms with Crippen molar-refractivity contribution in [3.05, 3.63) is 47.5 Å². The van der Waals surface area contributed by atoms with Crippen molar-refractivity contribution in [3.8, 4) is 0 Å². The molecule has 1 aromatic carbocycles. The van der Waals surface area contributed by atoms with E-state index in [9.17, 15) is 0 Å². The molecule has 0 amide bonds. The molecule has 1 unspecified atom stereocenters. The number of nitrogens with zero attached hydrogens (tertiary/aromatic N) is 3. The molecule has 0 aliphatic carbocycles. The zero-order chi connectivity index (χ0) is 13.7. The summed E-state index contributed by atoms with van der Waals surface area (Å²) in [5, 5.41) is 4.27. The third-order valence-corrected chi connectivity index (χ3v) is 3.36. The third kappa shape index (κ3) is 3.41. The first-order valence-corrected chi connectivity index (χ1v) is 6.88. The lowest BCUT2D eigenvalue weighted by Crippen LogP contribution is -2.18. The van der Waals surface area contributed by atoms with E-state index in [2.05, 4.69) is 48.2 Å². The molecule has 0 aliphatic heterocycles. The lowest BCUT2D eigenvalue weighted by molar-refractivity contribution is 0.545. The molecule has 0 aliphatic rings. The summed E-state index contributed by atoms with van der Waals surface area (Å²) in [6.07, 6.45) is 3.54. The van der Waals surface area contributed by atoms with Crippen LogP contribution >= 0.6 is 0 Å². The minimum Gasteiger partial charge on any atom is -0.330 e. The van der Waals surface area contributed by atoms with Crippen molar-refractivity contribution < 1.29 is 0 Å². The van der Waals surface area contributed by atoms with Crippen LogP contribution in [0.15, 0.2) is 30.6 Å². The molecular formula is C15H22N4. The highest BCUT2D eigenvalue weighted by molar-refractivity contribution is 5.26. The molecule has 2 aromatic rings. The number of nitrogens with two attached hydrogens (primary N) is 1. The molecule has 0 bridgehead atoms. The van der Waals surface area contributed by atoms with Crippen LogP contribution in [0.4, 0.5) is 0 Å². The van der Waals surface area contributed by atoms with E-state index in [-0.39, 0.29) is 0 Å². The second kappa shape index (κ2) is 6.48. The standard InChI is InChI=1S/C15H22N4/c1-3-7-19-15(17-11-18-19)9-14(10-16)13-6-4-5-12(2)8-13/h4-6,8,11,14H,3,7,9-10,16H2,1-2H3. The summed E-state index contributed by atoms with van der Waals surface area (Å²) in [4.78, 5) is 4.37. The Morgan fingerprint density at radius 3 is 2.89 bits per heavy atom. The van der Waals surface area contributed by atoms with Crippen molar-refractivity contribution in [1.29, 1.82) is 0 Å². The molecule has 102 valence electrons. The van der Waals surface area contributed by atoms with E-state index in [1.54, 1.807) is 6.33 Å². The summed E-state index contributed by atoms with van der Waals surface area (Å²) in [5.74, 6) is 1.33. The first-order chi connectivity index (χ1) is 9.24. The van der Waals surface area contributed by atoms with Crippen molar-refractivity contribution in [3.63, 3.8) is 0 Å². The maximum absolute atomic E-state index is 5.94. The summed E-state index contributed by atoms with van der Waals surface area (Å²) in [6.45, 7) is 5.80. The first kappa shape index (κ1) is 13.7. The van der Waals surface area contributed by atoms with Crippen LogP contribution in [0.1, 0.15) is 36.2 Å². The van der Waals surface area contributed by atoms with E-state index in [0.717, 1.165) is 25.2 Å². The van der Waals surface area contributed by atoms with E-state index < -0.39 is 0 Å². The van der Waals surface area contributed by atoms with Gasteiger partial charge in [0.05, 0.1) is 0 Å². The van der Waals surface area contributed by atoms with Gasteiger partial charge in [0.1, 0.15) is 12.2 Å². The number of rotatable bonds is 6. The molecule has 2 rings (SSSR count). The van der Waals surface area contributed by atoms with Gasteiger partial charge in [0.25, 0.3) is 0 Å². The molecule has 0 spiro atoms. The number of aryl methyl sites for hydroxylation is 2. The Labute approximate surface area is 114 Å². The van der Waals surface area contributed by atoms with Crippen LogP contribution in [0.3, 0.4) is 0 Å². The fourth-order valence-corrected chi connectivity index (χ4v) is 2.33. The van der Waals surface area contributed by atoms with Crippen LogP contribution < -0.4 is 5.73 Å². The summed E-state index contributed by atoms with van der Waals surface area (Å²) in [5.41, 5.74) is 8.49. The van der Waals surface area contributed by atoms with E-state index in [1.165, 1.54) is 11.1 Å². The van der Waals surface area contributed by atoms with Gasteiger partial charge in [-0.1, -0.05) is 36.8 Å². The van der Waals surface area contributed by atoms with Gasteiger partial charge in [-0.25, -0.2) is 4.98 Å². The number of benzene rings is 1. The van der Waals surface area contributed by atoms with Gasteiger partial charge >= 0.3 is 0 Å². The van der Waals surface area contributed by atoms with E-state index in [4.69, 9.17) is 5.73 Å². The minimum absolute atomic E-state index is 0.305. The number of hydrogen-bond acceptors (Lipinski definition) is 3. The Hall–Kier alpha value is -1.68. The second-order valence-electron chi connectivity index (χ2n) is 4.95. The summed E-state index contributed by atoms with van der Waals surface area (Å²) in [7, 11) is 0. The number of aromatic nitrogens is 3. The second-order valence-corrected chi connectivity index (χ2v) is 4.95. The topological polar surface area (TPSA) is 56.7 Å². The normalized spacial score (nSPS) is 12.6. The SMILES string of the molecule is CCCn1ncnc1CC(CN)c1cccc(C)c1. The molecule has 4 nitrogen and oxygen atoms in total. The van der Waals surface area contributed by atoms with Gasteiger partial charge in [-0.3, -0.25) is 4.68 Å². The molecule has 1 atom stereocenters. The lowest BCUT2D eigenvalue weighted by Gasteiger charge is -2.15. The predicted molar refractivity (Wildman–Crippen MR) is 77.0 cm³/mol. The minimum atomic E-state index is 0.305. The first-order valence-electron chi connectivity index (χ1n) is 6.88. The zero-order valence-electron chi connectivity index (χ0n) is 11.7. The van der Waals surface area contributed by atoms with Crippen molar-refractivity contribution in [2.45, 2.75) is 39.2 Å². The van der Waals surface area contributed by atoms with E-state index >= 15 is 0 Å². The predicted octanol–water partition coefficient (Wildman–Crippen LogP) is 2.28. The zero-order valence-corrected chi connectivity index (χ0v) is 11.7. The van der Waals surface area contributed by atoms with Crippen LogP contribution in [0, 0.1) is 6.92 Å². The van der Waals surface area contributed by atoms with Crippen molar-refractivity contribution in [1.82, 2.24) is 14.8 Å². The van der Waals surface area contributed by atoms with Crippen molar-refractivity contribution >= 4 is 0 Å². The summed E-state index contributed by atoms with van der Waals surface area (Å²) >= 11 is 0. The summed E-state index contributed by atoms with van der Waals surface area (Å²) < 4.78 is 1.98. The van der Waals surface area contributed by atoms with Gasteiger partial charge in [0.2, 0.25) is 0 Å². The number of hydrogen-bond donors (Lipinski definition) is 1. The van der Waals surface area contributed by atoms with Gasteiger partial charge in [-0.05, 0) is 25.5 Å². The molecule has 19 heavy (non-hydrogen) atoms. The fourth-order valence-electron chi connectivity index (χ4n) is 2.33. The van der Waals surface area contributed by atoms with Crippen LogP contribution in [0.2, 0.25) is 0 Å². The van der Waals surface area contributed by atoms with Gasteiger partial charge in [-0.15, -0.1) is 0 Å². The Morgan fingerprint density at radius 1 is 1.37 bits per heavy atom. The quantitative estimate of drug-likeness (QED) is 0.864. The van der Waals surface area contributed by atoms with Crippen molar-refractivity contribution in [2.75, 3.05) is 6.54 Å². The Kier molecular flexibility index (Phi) is 4.68. The Bertz CT molecular complexity index is 518. The fraction of sp³-hybridized carbons (Fsp3) is 0.467. The van der Waals surface area contributed by atoms with Gasteiger partial charge in [-0.2, -0.15) is 5.10 Å².